The van der Waals surface area contributed by atoms with Gasteiger partial charge >= 0.3 is 0 Å². The van der Waals surface area contributed by atoms with Gasteiger partial charge in [0.25, 0.3) is 0 Å². The zero-order valence-electron chi connectivity index (χ0n) is 12.0. The van der Waals surface area contributed by atoms with E-state index in [9.17, 15) is 0 Å². The van der Waals surface area contributed by atoms with Crippen molar-refractivity contribution in [1.82, 2.24) is 10.1 Å². The Bertz CT molecular complexity index is 572. The fourth-order valence-electron chi connectivity index (χ4n) is 2.71. The number of rotatable bonds is 5. The molecule has 20 heavy (non-hydrogen) atoms. The Morgan fingerprint density at radius 1 is 1.25 bits per heavy atom. The first-order valence-electron chi connectivity index (χ1n) is 7.27. The molecule has 0 aliphatic heterocycles. The second-order valence-corrected chi connectivity index (χ2v) is 6.14. The Labute approximate surface area is 119 Å². The molecule has 1 fully saturated rings. The van der Waals surface area contributed by atoms with Crippen LogP contribution < -0.4 is 5.73 Å². The maximum absolute atomic E-state index is 6.12. The summed E-state index contributed by atoms with van der Waals surface area (Å²) in [6.07, 6.45) is 3.02. The van der Waals surface area contributed by atoms with E-state index in [1.54, 1.807) is 0 Å². The van der Waals surface area contributed by atoms with E-state index in [2.05, 4.69) is 48.3 Å². The van der Waals surface area contributed by atoms with Crippen LogP contribution in [0.3, 0.4) is 0 Å². The lowest BCUT2D eigenvalue weighted by Crippen LogP contribution is -2.15. The van der Waals surface area contributed by atoms with Gasteiger partial charge in [-0.2, -0.15) is 4.98 Å². The molecule has 0 bridgehead atoms. The summed E-state index contributed by atoms with van der Waals surface area (Å²) in [7, 11) is 0. The Kier molecular flexibility index (Phi) is 3.34. The van der Waals surface area contributed by atoms with Gasteiger partial charge in [0.05, 0.1) is 11.5 Å². The van der Waals surface area contributed by atoms with Crippen LogP contribution in [0.2, 0.25) is 0 Å². The summed E-state index contributed by atoms with van der Waals surface area (Å²) in [4.78, 5) is 4.57. The molecule has 3 rings (SSSR count). The molecule has 1 heterocycles. The Balaban J connectivity index is 1.84. The molecule has 1 aliphatic carbocycles. The van der Waals surface area contributed by atoms with Crippen molar-refractivity contribution in [3.63, 3.8) is 0 Å². The maximum Gasteiger partial charge on any atom is 0.243 e. The lowest BCUT2D eigenvalue weighted by molar-refractivity contribution is 0.331. The standard InChI is InChI=1S/C16H21N3O/c1-11(2)10-13(17)14-18-15(19-20-14)16(8-9-16)12-6-4-3-5-7-12/h3-7,11,13H,8-10,17H2,1-2H3/t13-/m1/s1. The van der Waals surface area contributed by atoms with Gasteiger partial charge in [0.15, 0.2) is 5.82 Å². The molecule has 1 atom stereocenters. The van der Waals surface area contributed by atoms with E-state index in [0.29, 0.717) is 11.8 Å². The molecule has 2 N–H and O–H groups in total. The molecule has 1 aromatic heterocycles. The first-order valence-corrected chi connectivity index (χ1v) is 7.27. The smallest absolute Gasteiger partial charge is 0.243 e. The fraction of sp³-hybridized carbons (Fsp3) is 0.500. The van der Waals surface area contributed by atoms with Gasteiger partial charge in [0.2, 0.25) is 5.89 Å². The summed E-state index contributed by atoms with van der Waals surface area (Å²) in [5.74, 6) is 1.87. The van der Waals surface area contributed by atoms with Gasteiger partial charge in [-0.25, -0.2) is 0 Å². The van der Waals surface area contributed by atoms with E-state index in [1.807, 2.05) is 6.07 Å². The lowest BCUT2D eigenvalue weighted by Gasteiger charge is -2.11. The SMILES string of the molecule is CC(C)C[C@@H](N)c1nc(C2(c3ccccc3)CC2)no1. The van der Waals surface area contributed by atoms with Crippen LogP contribution in [0, 0.1) is 5.92 Å². The molecule has 0 radical (unpaired) electrons. The van der Waals surface area contributed by atoms with Crippen LogP contribution in [-0.4, -0.2) is 10.1 Å². The van der Waals surface area contributed by atoms with Crippen LogP contribution in [0.5, 0.6) is 0 Å². The molecule has 1 aromatic carbocycles. The topological polar surface area (TPSA) is 64.9 Å². The van der Waals surface area contributed by atoms with Crippen molar-refractivity contribution in [1.29, 1.82) is 0 Å². The molecule has 0 unspecified atom stereocenters. The minimum Gasteiger partial charge on any atom is -0.338 e. The van der Waals surface area contributed by atoms with E-state index < -0.39 is 0 Å². The van der Waals surface area contributed by atoms with Gasteiger partial charge in [-0.15, -0.1) is 0 Å². The molecule has 1 aliphatic rings. The summed E-state index contributed by atoms with van der Waals surface area (Å²) in [5.41, 5.74) is 7.34. The quantitative estimate of drug-likeness (QED) is 0.907. The van der Waals surface area contributed by atoms with E-state index >= 15 is 0 Å². The zero-order chi connectivity index (χ0) is 14.2. The molecule has 106 valence electrons. The number of nitrogens with zero attached hydrogens (tertiary/aromatic N) is 2. The molecular weight excluding hydrogens is 250 g/mol. The highest BCUT2D eigenvalue weighted by Crippen LogP contribution is 2.52. The minimum absolute atomic E-state index is 0.0411. The fourth-order valence-corrected chi connectivity index (χ4v) is 2.71. The number of hydrogen-bond donors (Lipinski definition) is 1. The third kappa shape index (κ3) is 2.36. The van der Waals surface area contributed by atoms with Gasteiger partial charge in [-0.3, -0.25) is 0 Å². The predicted octanol–water partition coefficient (Wildman–Crippen LogP) is 3.20. The van der Waals surface area contributed by atoms with Gasteiger partial charge in [0.1, 0.15) is 0 Å². The van der Waals surface area contributed by atoms with Crippen LogP contribution in [0.25, 0.3) is 0 Å². The van der Waals surface area contributed by atoms with Crippen molar-refractivity contribution >= 4 is 0 Å². The van der Waals surface area contributed by atoms with Crippen molar-refractivity contribution in [3.05, 3.63) is 47.6 Å². The summed E-state index contributed by atoms with van der Waals surface area (Å²) in [5, 5.41) is 4.19. The summed E-state index contributed by atoms with van der Waals surface area (Å²) in [6.45, 7) is 4.28. The van der Waals surface area contributed by atoms with Crippen LogP contribution in [0.15, 0.2) is 34.9 Å². The van der Waals surface area contributed by atoms with Gasteiger partial charge in [-0.1, -0.05) is 49.3 Å². The van der Waals surface area contributed by atoms with Crippen LogP contribution in [-0.2, 0) is 5.41 Å². The van der Waals surface area contributed by atoms with E-state index in [4.69, 9.17) is 10.3 Å². The number of benzene rings is 1. The predicted molar refractivity (Wildman–Crippen MR) is 77.1 cm³/mol. The highest BCUT2D eigenvalue weighted by molar-refractivity contribution is 5.38. The molecular formula is C16H21N3O. The molecule has 1 saturated carbocycles. The van der Waals surface area contributed by atoms with Crippen molar-refractivity contribution in [2.75, 3.05) is 0 Å². The van der Waals surface area contributed by atoms with Gasteiger partial charge in [0, 0.05) is 0 Å². The van der Waals surface area contributed by atoms with Crippen molar-refractivity contribution in [2.45, 2.75) is 44.6 Å². The van der Waals surface area contributed by atoms with Crippen molar-refractivity contribution in [3.8, 4) is 0 Å². The average Bonchev–Trinajstić information content (AvgIpc) is 3.09. The summed E-state index contributed by atoms with van der Waals surface area (Å²) < 4.78 is 5.39. The highest BCUT2D eigenvalue weighted by Gasteiger charge is 2.50. The summed E-state index contributed by atoms with van der Waals surface area (Å²) in [6, 6.07) is 10.2. The number of aromatic nitrogens is 2. The van der Waals surface area contributed by atoms with Crippen LogP contribution >= 0.6 is 0 Å². The van der Waals surface area contributed by atoms with Crippen LogP contribution in [0.4, 0.5) is 0 Å². The lowest BCUT2D eigenvalue weighted by atomic mass is 9.95. The average molecular weight is 271 g/mol. The highest BCUT2D eigenvalue weighted by atomic mass is 16.5. The normalized spacial score (nSPS) is 18.2. The third-order valence-electron chi connectivity index (χ3n) is 3.99. The monoisotopic (exact) mass is 271 g/mol. The first-order chi connectivity index (χ1) is 9.62. The molecule has 0 saturated heterocycles. The Morgan fingerprint density at radius 2 is 1.95 bits per heavy atom. The second-order valence-electron chi connectivity index (χ2n) is 6.14. The van der Waals surface area contributed by atoms with E-state index in [1.165, 1.54) is 5.56 Å². The van der Waals surface area contributed by atoms with Gasteiger partial charge in [-0.05, 0) is 30.7 Å². The second kappa shape index (κ2) is 5.02. The van der Waals surface area contributed by atoms with Crippen LogP contribution in [0.1, 0.15) is 56.4 Å². The third-order valence-corrected chi connectivity index (χ3v) is 3.99. The Hall–Kier alpha value is -1.68. The number of hydrogen-bond acceptors (Lipinski definition) is 4. The molecule has 4 nitrogen and oxygen atoms in total. The van der Waals surface area contributed by atoms with Gasteiger partial charge < -0.3 is 10.3 Å². The molecule has 2 aromatic rings. The van der Waals surface area contributed by atoms with E-state index in [-0.39, 0.29) is 11.5 Å². The number of nitrogens with two attached hydrogens (primary N) is 1. The Morgan fingerprint density at radius 3 is 2.55 bits per heavy atom. The maximum atomic E-state index is 6.12. The first kappa shape index (κ1) is 13.3. The molecule has 4 heteroatoms. The molecule has 0 amide bonds. The van der Waals surface area contributed by atoms with Crippen molar-refractivity contribution < 1.29 is 4.52 Å². The van der Waals surface area contributed by atoms with E-state index in [0.717, 1.165) is 25.1 Å². The van der Waals surface area contributed by atoms with Crippen molar-refractivity contribution in [2.24, 2.45) is 11.7 Å². The zero-order valence-corrected chi connectivity index (χ0v) is 12.0. The summed E-state index contributed by atoms with van der Waals surface area (Å²) >= 11 is 0. The largest absolute Gasteiger partial charge is 0.338 e. The minimum atomic E-state index is -0.164. The molecule has 0 spiro atoms.